The maximum atomic E-state index is 6.60. The molecule has 32 heavy (non-hydrogen) atoms. The van der Waals surface area contributed by atoms with Crippen molar-refractivity contribution in [3.63, 3.8) is 0 Å². The summed E-state index contributed by atoms with van der Waals surface area (Å²) in [6, 6.07) is 22.4. The van der Waals surface area contributed by atoms with Crippen LogP contribution in [0, 0.1) is 0 Å². The number of hydrogen-bond acceptors (Lipinski definition) is 3. The van der Waals surface area contributed by atoms with E-state index in [1.807, 2.05) is 42.5 Å². The van der Waals surface area contributed by atoms with E-state index in [0.29, 0.717) is 0 Å². The second kappa shape index (κ2) is 12.0. The van der Waals surface area contributed by atoms with Crippen LogP contribution in [0.15, 0.2) is 72.9 Å². The number of aromatic nitrogens is 1. The van der Waals surface area contributed by atoms with Gasteiger partial charge in [0.25, 0.3) is 0 Å². The molecule has 3 nitrogen and oxygen atoms in total. The smallest absolute Gasteiger partial charge is 0.147 e. The molecule has 2 aromatic carbocycles. The quantitative estimate of drug-likeness (QED) is 0.338. The largest absolute Gasteiger partial charge is 0.147 e. The van der Waals surface area contributed by atoms with Gasteiger partial charge in [0, 0.05) is 0 Å². The van der Waals surface area contributed by atoms with Gasteiger partial charge >= 0.3 is 188 Å². The molecule has 0 spiro atoms. The van der Waals surface area contributed by atoms with Crippen molar-refractivity contribution in [1.82, 2.24) is 4.98 Å². The predicted octanol–water partition coefficient (Wildman–Crippen LogP) is 7.28. The van der Waals surface area contributed by atoms with E-state index in [9.17, 15) is 0 Å². The number of nitrogens with zero attached hydrogens (tertiary/aromatic N) is 1. The molecule has 0 saturated heterocycles. The van der Waals surface area contributed by atoms with Crippen LogP contribution in [0.5, 0.6) is 11.5 Å². The van der Waals surface area contributed by atoms with Crippen LogP contribution in [0.4, 0.5) is 0 Å². The van der Waals surface area contributed by atoms with E-state index in [4.69, 9.17) is 6.64 Å². The van der Waals surface area contributed by atoms with Crippen molar-refractivity contribution >= 4 is 29.1 Å². The molecule has 172 valence electrons. The molecule has 0 unspecified atom stereocenters. The average molecular weight is 510 g/mol. The van der Waals surface area contributed by atoms with E-state index in [1.165, 1.54) is 11.1 Å². The van der Waals surface area contributed by atoms with Crippen LogP contribution >= 0.6 is 24.8 Å². The van der Waals surface area contributed by atoms with Crippen LogP contribution in [0.25, 0.3) is 0 Å². The van der Waals surface area contributed by atoms with Gasteiger partial charge in [-0.15, -0.1) is 24.8 Å². The molecule has 0 amide bonds. The molecule has 0 aliphatic rings. The number of rotatable bonds is 5. The normalized spacial score (nSPS) is 10.9. The first kappa shape index (κ1) is 28.4. The zero-order chi connectivity index (χ0) is 21.8. The summed E-state index contributed by atoms with van der Waals surface area (Å²) in [4.78, 5) is 4.47. The van der Waals surface area contributed by atoms with Gasteiger partial charge in [-0.25, -0.2) is 0 Å². The summed E-state index contributed by atoms with van der Waals surface area (Å²) in [6.45, 7) is 13.2. The minimum absolute atomic E-state index is 0. The molecule has 1 heterocycles. The maximum Gasteiger partial charge on any atom is -0.147 e. The van der Waals surface area contributed by atoms with E-state index < -0.39 is 18.2 Å². The second-order valence-corrected chi connectivity index (χ2v) is 11.5. The molecule has 0 aliphatic heterocycles. The van der Waals surface area contributed by atoms with Gasteiger partial charge < -0.3 is 0 Å². The van der Waals surface area contributed by atoms with Gasteiger partial charge in [0.05, 0.1) is 0 Å². The maximum absolute atomic E-state index is 6.60. The van der Waals surface area contributed by atoms with Gasteiger partial charge in [-0.1, -0.05) is 0 Å². The molecular formula is C26H33Cl2NO2Ti. The Morgan fingerprint density at radius 3 is 1.50 bits per heavy atom. The molecule has 0 atom stereocenters. The van der Waals surface area contributed by atoms with E-state index in [0.717, 1.165) is 17.2 Å². The van der Waals surface area contributed by atoms with Crippen LogP contribution in [0.3, 0.4) is 0 Å². The minimum atomic E-state index is -2.64. The standard InChI is InChI=1S/2C10H14O.C6H5N.2ClH.Ti/c2*1-10(2,3)8-6-4-5-7-9(8)11;1-6-4-2-3-5-7-6;;;/h2*4-7,11H,1-3H3;1-5H;2*1H;/q;;;;;+2/p-2. The van der Waals surface area contributed by atoms with Crippen molar-refractivity contribution in [2.45, 2.75) is 52.4 Å². The van der Waals surface area contributed by atoms with Gasteiger partial charge in [0.15, 0.2) is 0 Å². The monoisotopic (exact) mass is 509 g/mol. The van der Waals surface area contributed by atoms with Crippen LogP contribution < -0.4 is 6.64 Å². The summed E-state index contributed by atoms with van der Waals surface area (Å²) in [5.41, 5.74) is 3.20. The predicted molar refractivity (Wildman–Crippen MR) is 135 cm³/mol. The van der Waals surface area contributed by atoms with E-state index >= 15 is 0 Å². The van der Waals surface area contributed by atoms with Gasteiger partial charge in [0.1, 0.15) is 0 Å². The van der Waals surface area contributed by atoms with Crippen molar-refractivity contribution in [1.29, 1.82) is 0 Å². The van der Waals surface area contributed by atoms with Crippen molar-refractivity contribution in [3.8, 4) is 11.5 Å². The Hall–Kier alpha value is -1.65. The van der Waals surface area contributed by atoms with Gasteiger partial charge in [-0.2, -0.15) is 0 Å². The average Bonchev–Trinajstić information content (AvgIpc) is 2.68. The van der Waals surface area contributed by atoms with Crippen LogP contribution in [0.1, 0.15) is 58.4 Å². The third kappa shape index (κ3) is 7.74. The first-order chi connectivity index (χ1) is 14.1. The molecule has 6 heteroatoms. The number of hydrogen-bond donors (Lipinski definition) is 0. The van der Waals surface area contributed by atoms with Crippen LogP contribution in [-0.4, -0.2) is 9.30 Å². The zero-order valence-electron chi connectivity index (χ0n) is 19.6. The molecule has 0 aliphatic carbocycles. The third-order valence-corrected chi connectivity index (χ3v) is 6.91. The van der Waals surface area contributed by atoms with E-state index in [2.05, 4.69) is 75.1 Å². The molecule has 1 aromatic heterocycles. The first-order valence-corrected chi connectivity index (χ1v) is 12.5. The fourth-order valence-corrected chi connectivity index (χ4v) is 5.35. The Labute approximate surface area is 211 Å². The van der Waals surface area contributed by atoms with Gasteiger partial charge in [-0.3, -0.25) is 0 Å². The molecule has 0 fully saturated rings. The second-order valence-electron chi connectivity index (χ2n) is 9.41. The zero-order valence-corrected chi connectivity index (χ0v) is 22.8. The van der Waals surface area contributed by atoms with Crippen LogP contribution in [0.2, 0.25) is 0 Å². The van der Waals surface area contributed by atoms with Gasteiger partial charge in [-0.05, 0) is 0 Å². The fraction of sp³-hybridized carbons (Fsp3) is 0.308. The van der Waals surface area contributed by atoms with Crippen molar-refractivity contribution in [2.24, 2.45) is 0 Å². The van der Waals surface area contributed by atoms with Gasteiger partial charge in [0.2, 0.25) is 0 Å². The third-order valence-electron chi connectivity index (χ3n) is 4.76. The summed E-state index contributed by atoms with van der Waals surface area (Å²) in [5, 5.41) is 0. The van der Waals surface area contributed by atoms with Crippen molar-refractivity contribution in [2.75, 3.05) is 0 Å². The Morgan fingerprint density at radius 2 is 1.09 bits per heavy atom. The molecule has 0 radical (unpaired) electrons. The van der Waals surface area contributed by atoms with Crippen LogP contribution in [-0.2, 0) is 29.0 Å². The summed E-state index contributed by atoms with van der Waals surface area (Å²) in [5.74, 6) is 1.78. The number of para-hydroxylation sites is 2. The molecule has 0 N–H and O–H groups in total. The molecular weight excluding hydrogens is 477 g/mol. The Balaban J connectivity index is 0.00000256. The summed E-state index contributed by atoms with van der Waals surface area (Å²) in [7, 11) is 0. The molecule has 3 rings (SSSR count). The number of benzene rings is 2. The minimum Gasteiger partial charge on any atom is -0.147 e. The number of pyridine rings is 1. The molecule has 0 saturated carbocycles. The summed E-state index contributed by atoms with van der Waals surface area (Å²) in [6.07, 6.45) is 1.80. The molecule has 0 bridgehead atoms. The molecule has 3 aromatic rings. The SMILES string of the molecule is CC(C)(C)c1ccccc1[O][Ti](=[CH]c1ccccn1)[O]c1ccccc1C(C)(C)C.Cl.Cl. The number of halogens is 2. The van der Waals surface area contributed by atoms with Crippen molar-refractivity contribution < 1.29 is 24.8 Å². The summed E-state index contributed by atoms with van der Waals surface area (Å²) >= 11 is -2.64. The topological polar surface area (TPSA) is 31.4 Å². The Bertz CT molecular complexity index is 964. The first-order valence-electron chi connectivity index (χ1n) is 10.3. The fourth-order valence-electron chi connectivity index (χ4n) is 3.23. The Morgan fingerprint density at radius 1 is 0.656 bits per heavy atom. The van der Waals surface area contributed by atoms with E-state index in [1.54, 1.807) is 6.20 Å². The Kier molecular flexibility index (Phi) is 10.6. The van der Waals surface area contributed by atoms with Crippen molar-refractivity contribution in [3.05, 3.63) is 89.7 Å². The summed E-state index contributed by atoms with van der Waals surface area (Å²) < 4.78 is 15.3. The van der Waals surface area contributed by atoms with E-state index in [-0.39, 0.29) is 35.6 Å².